The molecular weight excluding hydrogens is 442 g/mol. The summed E-state index contributed by atoms with van der Waals surface area (Å²) in [7, 11) is 5.95. The van der Waals surface area contributed by atoms with Crippen molar-refractivity contribution < 1.29 is 9.53 Å². The van der Waals surface area contributed by atoms with Crippen molar-refractivity contribution in [3.8, 4) is 0 Å². The van der Waals surface area contributed by atoms with Gasteiger partial charge in [-0.05, 0) is 65.0 Å². The van der Waals surface area contributed by atoms with Crippen LogP contribution < -0.4 is 0 Å². The van der Waals surface area contributed by atoms with Gasteiger partial charge in [0.15, 0.2) is 0 Å². The first-order chi connectivity index (χ1) is 17.6. The molecule has 0 bridgehead atoms. The fourth-order valence-corrected chi connectivity index (χ4v) is 5.21. The molecule has 0 aliphatic heterocycles. The first kappa shape index (κ1) is 35.2. The lowest BCUT2D eigenvalue weighted by molar-refractivity contribution is -0.140. The van der Waals surface area contributed by atoms with Crippen molar-refractivity contribution in [2.75, 3.05) is 27.7 Å². The maximum absolute atomic E-state index is 11.1. The minimum atomic E-state index is -0.0730. The molecular formula is C33H65NO2. The summed E-state index contributed by atoms with van der Waals surface area (Å²) in [5.41, 5.74) is 0. The van der Waals surface area contributed by atoms with Gasteiger partial charge in [-0.2, -0.15) is 0 Å². The van der Waals surface area contributed by atoms with Crippen LogP contribution in [-0.4, -0.2) is 38.6 Å². The van der Waals surface area contributed by atoms with E-state index in [4.69, 9.17) is 0 Å². The van der Waals surface area contributed by atoms with Crippen LogP contribution in [0.3, 0.4) is 0 Å². The zero-order valence-electron chi connectivity index (χ0n) is 25.2. The van der Waals surface area contributed by atoms with Crippen molar-refractivity contribution in [3.05, 3.63) is 12.2 Å². The van der Waals surface area contributed by atoms with E-state index in [2.05, 4.69) is 42.8 Å². The fraction of sp³-hybridized carbons (Fsp3) is 0.909. The van der Waals surface area contributed by atoms with Crippen LogP contribution >= 0.6 is 0 Å². The summed E-state index contributed by atoms with van der Waals surface area (Å²) in [6, 6.07) is 0. The van der Waals surface area contributed by atoms with Gasteiger partial charge in [0, 0.05) is 13.0 Å². The Morgan fingerprint density at radius 3 is 1.50 bits per heavy atom. The van der Waals surface area contributed by atoms with Gasteiger partial charge in [0.25, 0.3) is 0 Å². The van der Waals surface area contributed by atoms with E-state index in [-0.39, 0.29) is 5.97 Å². The lowest BCUT2D eigenvalue weighted by Crippen LogP contribution is -2.21. The summed E-state index contributed by atoms with van der Waals surface area (Å²) in [5.74, 6) is 0.841. The van der Waals surface area contributed by atoms with E-state index in [9.17, 15) is 4.79 Å². The molecule has 0 saturated heterocycles. The quantitative estimate of drug-likeness (QED) is 0.0599. The molecule has 0 saturated carbocycles. The molecule has 0 radical (unpaired) electrons. The molecule has 0 heterocycles. The van der Waals surface area contributed by atoms with Crippen LogP contribution in [-0.2, 0) is 9.53 Å². The molecule has 0 amide bonds. The third-order valence-corrected chi connectivity index (χ3v) is 7.47. The number of allylic oxidation sites excluding steroid dienone is 2. The summed E-state index contributed by atoms with van der Waals surface area (Å²) in [6.07, 6.45) is 36.5. The SMILES string of the molecule is CCCCCCCCC(CCCCCCCCCC/C=C\CCCCCCCC(=O)OC)CN(C)C. The summed E-state index contributed by atoms with van der Waals surface area (Å²) in [4.78, 5) is 13.4. The Kier molecular flexibility index (Phi) is 28.1. The number of methoxy groups -OCH3 is 1. The second-order valence-electron chi connectivity index (χ2n) is 11.4. The Bertz CT molecular complexity index is 474. The number of carbonyl (C=O) groups excluding carboxylic acids is 1. The van der Waals surface area contributed by atoms with E-state index in [0.29, 0.717) is 6.42 Å². The molecule has 0 aliphatic rings. The highest BCUT2D eigenvalue weighted by atomic mass is 16.5. The molecule has 0 aromatic heterocycles. The van der Waals surface area contributed by atoms with Gasteiger partial charge >= 0.3 is 5.97 Å². The summed E-state index contributed by atoms with van der Waals surface area (Å²) >= 11 is 0. The lowest BCUT2D eigenvalue weighted by atomic mass is 9.93. The highest BCUT2D eigenvalue weighted by molar-refractivity contribution is 5.68. The molecule has 36 heavy (non-hydrogen) atoms. The molecule has 0 N–H and O–H groups in total. The van der Waals surface area contributed by atoms with E-state index in [0.717, 1.165) is 18.8 Å². The van der Waals surface area contributed by atoms with Crippen molar-refractivity contribution in [1.82, 2.24) is 4.90 Å². The summed E-state index contributed by atoms with van der Waals surface area (Å²) < 4.78 is 4.67. The standard InChI is InChI=1S/C33H65NO2/c1-5-6-7-8-22-25-28-32(31-34(2)3)29-26-23-20-18-16-14-12-10-9-11-13-15-17-19-21-24-27-30-33(35)36-4/h11,13,32H,5-10,12,14-31H2,1-4H3/b13-11-. The van der Waals surface area contributed by atoms with E-state index in [1.54, 1.807) is 0 Å². The van der Waals surface area contributed by atoms with Gasteiger partial charge in [-0.15, -0.1) is 0 Å². The molecule has 0 fully saturated rings. The number of unbranched alkanes of at least 4 members (excludes halogenated alkanes) is 18. The predicted molar refractivity (Wildman–Crippen MR) is 160 cm³/mol. The van der Waals surface area contributed by atoms with Crippen LogP contribution in [0.15, 0.2) is 12.2 Å². The largest absolute Gasteiger partial charge is 0.469 e. The second-order valence-corrected chi connectivity index (χ2v) is 11.4. The predicted octanol–water partition coefficient (Wildman–Crippen LogP) is 10.3. The first-order valence-corrected chi connectivity index (χ1v) is 16.0. The number of rotatable bonds is 28. The highest BCUT2D eigenvalue weighted by Crippen LogP contribution is 2.20. The molecule has 0 aliphatic carbocycles. The Morgan fingerprint density at radius 1 is 0.639 bits per heavy atom. The van der Waals surface area contributed by atoms with E-state index >= 15 is 0 Å². The number of hydrogen-bond acceptors (Lipinski definition) is 3. The number of hydrogen-bond donors (Lipinski definition) is 0. The maximum Gasteiger partial charge on any atom is 0.305 e. The van der Waals surface area contributed by atoms with Crippen LogP contribution in [0.4, 0.5) is 0 Å². The monoisotopic (exact) mass is 508 g/mol. The second kappa shape index (κ2) is 28.7. The van der Waals surface area contributed by atoms with Gasteiger partial charge in [0.05, 0.1) is 7.11 Å². The summed E-state index contributed by atoms with van der Waals surface area (Å²) in [6.45, 7) is 3.58. The Balaban J connectivity index is 3.45. The van der Waals surface area contributed by atoms with E-state index in [1.807, 2.05) is 0 Å². The van der Waals surface area contributed by atoms with Crippen LogP contribution in [0.25, 0.3) is 0 Å². The topological polar surface area (TPSA) is 29.5 Å². The Hall–Kier alpha value is -0.830. The lowest BCUT2D eigenvalue weighted by Gasteiger charge is -2.21. The minimum absolute atomic E-state index is 0.0730. The van der Waals surface area contributed by atoms with Gasteiger partial charge in [0.2, 0.25) is 0 Å². The average Bonchev–Trinajstić information content (AvgIpc) is 2.86. The molecule has 3 heteroatoms. The zero-order chi connectivity index (χ0) is 26.5. The highest BCUT2D eigenvalue weighted by Gasteiger charge is 2.09. The Labute approximate surface area is 227 Å². The number of esters is 1. The van der Waals surface area contributed by atoms with Crippen molar-refractivity contribution in [3.63, 3.8) is 0 Å². The molecule has 0 spiro atoms. The third kappa shape index (κ3) is 27.8. The molecule has 1 unspecified atom stereocenters. The third-order valence-electron chi connectivity index (χ3n) is 7.47. The smallest absolute Gasteiger partial charge is 0.305 e. The fourth-order valence-electron chi connectivity index (χ4n) is 5.21. The van der Waals surface area contributed by atoms with Gasteiger partial charge in [-0.3, -0.25) is 4.79 Å². The molecule has 3 nitrogen and oxygen atoms in total. The molecule has 0 rings (SSSR count). The maximum atomic E-state index is 11.1. The van der Waals surface area contributed by atoms with E-state index in [1.165, 1.54) is 148 Å². The molecule has 1 atom stereocenters. The van der Waals surface area contributed by atoms with Crippen molar-refractivity contribution in [1.29, 1.82) is 0 Å². The Morgan fingerprint density at radius 2 is 1.06 bits per heavy atom. The minimum Gasteiger partial charge on any atom is -0.469 e. The van der Waals surface area contributed by atoms with Gasteiger partial charge in [-0.25, -0.2) is 0 Å². The van der Waals surface area contributed by atoms with Crippen molar-refractivity contribution in [2.24, 2.45) is 5.92 Å². The van der Waals surface area contributed by atoms with Crippen LogP contribution in [0.2, 0.25) is 0 Å². The number of ether oxygens (including phenoxy) is 1. The average molecular weight is 508 g/mol. The summed E-state index contributed by atoms with van der Waals surface area (Å²) in [5, 5.41) is 0. The van der Waals surface area contributed by atoms with E-state index < -0.39 is 0 Å². The normalized spacial score (nSPS) is 12.6. The zero-order valence-corrected chi connectivity index (χ0v) is 25.2. The van der Waals surface area contributed by atoms with Crippen molar-refractivity contribution >= 4 is 5.97 Å². The molecule has 214 valence electrons. The number of nitrogens with zero attached hydrogens (tertiary/aromatic N) is 1. The van der Waals surface area contributed by atoms with Crippen LogP contribution in [0.5, 0.6) is 0 Å². The van der Waals surface area contributed by atoms with Crippen LogP contribution in [0.1, 0.15) is 161 Å². The van der Waals surface area contributed by atoms with Crippen LogP contribution in [0, 0.1) is 5.92 Å². The van der Waals surface area contributed by atoms with Crippen molar-refractivity contribution in [2.45, 2.75) is 161 Å². The van der Waals surface area contributed by atoms with Gasteiger partial charge < -0.3 is 9.64 Å². The molecule has 0 aromatic rings. The van der Waals surface area contributed by atoms with Gasteiger partial charge in [-0.1, -0.05) is 122 Å². The molecule has 0 aromatic carbocycles. The van der Waals surface area contributed by atoms with Gasteiger partial charge in [0.1, 0.15) is 0 Å². The number of carbonyl (C=O) groups is 1. The first-order valence-electron chi connectivity index (χ1n) is 16.0.